The van der Waals surface area contributed by atoms with E-state index in [2.05, 4.69) is 28.9 Å². The van der Waals surface area contributed by atoms with E-state index in [1.165, 1.54) is 0 Å². The van der Waals surface area contributed by atoms with Crippen LogP contribution in [0.15, 0.2) is 24.8 Å². The Morgan fingerprint density at radius 3 is 2.83 bits per heavy atom. The fourth-order valence-corrected chi connectivity index (χ4v) is 1.65. The van der Waals surface area contributed by atoms with E-state index in [4.69, 9.17) is 0 Å². The first-order valence-corrected chi connectivity index (χ1v) is 5.99. The molecule has 2 aromatic rings. The first-order chi connectivity index (χ1) is 8.70. The SMILES string of the molecule is CC(C)CCn1cc(C=O)c(-c2cnccn2)n1. The smallest absolute Gasteiger partial charge is 0.153 e. The molecule has 0 fully saturated rings. The molecule has 0 aliphatic carbocycles. The van der Waals surface area contributed by atoms with Gasteiger partial charge in [-0.25, -0.2) is 0 Å². The summed E-state index contributed by atoms with van der Waals surface area (Å²) in [6, 6.07) is 0. The third-order valence-electron chi connectivity index (χ3n) is 2.66. The van der Waals surface area contributed by atoms with E-state index in [0.29, 0.717) is 22.9 Å². The van der Waals surface area contributed by atoms with Gasteiger partial charge in [-0.1, -0.05) is 13.8 Å². The molecule has 0 aliphatic heterocycles. The maximum atomic E-state index is 11.1. The predicted octanol–water partition coefficient (Wildman–Crippen LogP) is 2.20. The number of nitrogens with zero attached hydrogens (tertiary/aromatic N) is 4. The number of aldehydes is 1. The summed E-state index contributed by atoms with van der Waals surface area (Å²) < 4.78 is 1.80. The van der Waals surface area contributed by atoms with Crippen molar-refractivity contribution in [1.82, 2.24) is 19.7 Å². The fraction of sp³-hybridized carbons (Fsp3) is 0.385. The molecule has 0 atom stereocenters. The first-order valence-electron chi connectivity index (χ1n) is 5.99. The summed E-state index contributed by atoms with van der Waals surface area (Å²) in [6.45, 7) is 5.13. The van der Waals surface area contributed by atoms with Gasteiger partial charge >= 0.3 is 0 Å². The molecule has 0 spiro atoms. The van der Waals surface area contributed by atoms with Crippen molar-refractivity contribution in [3.63, 3.8) is 0 Å². The van der Waals surface area contributed by atoms with Gasteiger partial charge in [-0.05, 0) is 12.3 Å². The number of carbonyl (C=O) groups is 1. The zero-order valence-electron chi connectivity index (χ0n) is 10.6. The molecule has 2 rings (SSSR count). The van der Waals surface area contributed by atoms with Crippen LogP contribution in [0.5, 0.6) is 0 Å². The molecular weight excluding hydrogens is 228 g/mol. The van der Waals surface area contributed by atoms with Gasteiger partial charge in [-0.15, -0.1) is 0 Å². The van der Waals surface area contributed by atoms with Gasteiger partial charge in [0.2, 0.25) is 0 Å². The van der Waals surface area contributed by atoms with E-state index >= 15 is 0 Å². The second-order valence-corrected chi connectivity index (χ2v) is 4.59. The number of aryl methyl sites for hydroxylation is 1. The minimum Gasteiger partial charge on any atom is -0.298 e. The molecule has 5 nitrogen and oxygen atoms in total. The van der Waals surface area contributed by atoms with Crippen molar-refractivity contribution in [2.45, 2.75) is 26.8 Å². The van der Waals surface area contributed by atoms with Gasteiger partial charge in [0.15, 0.2) is 6.29 Å². The van der Waals surface area contributed by atoms with Crippen LogP contribution in [-0.4, -0.2) is 26.0 Å². The largest absolute Gasteiger partial charge is 0.298 e. The molecule has 2 aromatic heterocycles. The van der Waals surface area contributed by atoms with Crippen LogP contribution in [0.3, 0.4) is 0 Å². The molecule has 0 amide bonds. The van der Waals surface area contributed by atoms with Crippen LogP contribution >= 0.6 is 0 Å². The van der Waals surface area contributed by atoms with Crippen LogP contribution < -0.4 is 0 Å². The van der Waals surface area contributed by atoms with Gasteiger partial charge in [0, 0.05) is 25.1 Å². The first kappa shape index (κ1) is 12.4. The van der Waals surface area contributed by atoms with Crippen LogP contribution in [0.25, 0.3) is 11.4 Å². The number of rotatable bonds is 5. The third-order valence-corrected chi connectivity index (χ3v) is 2.66. The van der Waals surface area contributed by atoms with Crippen molar-refractivity contribution in [3.05, 3.63) is 30.4 Å². The number of aromatic nitrogens is 4. The van der Waals surface area contributed by atoms with Crippen molar-refractivity contribution in [2.24, 2.45) is 5.92 Å². The molecule has 0 aliphatic rings. The average molecular weight is 244 g/mol. The van der Waals surface area contributed by atoms with Crippen LogP contribution in [0.1, 0.15) is 30.6 Å². The molecule has 0 saturated carbocycles. The van der Waals surface area contributed by atoms with Crippen molar-refractivity contribution in [1.29, 1.82) is 0 Å². The van der Waals surface area contributed by atoms with Crippen LogP contribution in [0, 0.1) is 5.92 Å². The van der Waals surface area contributed by atoms with E-state index in [0.717, 1.165) is 19.3 Å². The molecular formula is C13H16N4O. The lowest BCUT2D eigenvalue weighted by molar-refractivity contribution is 0.112. The van der Waals surface area contributed by atoms with E-state index in [1.54, 1.807) is 29.5 Å². The minimum absolute atomic E-state index is 0.555. The van der Waals surface area contributed by atoms with Gasteiger partial charge in [-0.2, -0.15) is 5.10 Å². The van der Waals surface area contributed by atoms with Crippen LogP contribution in [-0.2, 0) is 6.54 Å². The van der Waals surface area contributed by atoms with Crippen molar-refractivity contribution >= 4 is 6.29 Å². The molecule has 0 saturated heterocycles. The monoisotopic (exact) mass is 244 g/mol. The van der Waals surface area contributed by atoms with Gasteiger partial charge in [0.05, 0.1) is 11.8 Å². The predicted molar refractivity (Wildman–Crippen MR) is 68.1 cm³/mol. The summed E-state index contributed by atoms with van der Waals surface area (Å²) in [6.07, 6.45) is 8.40. The van der Waals surface area contributed by atoms with Gasteiger partial charge in [-0.3, -0.25) is 19.4 Å². The van der Waals surface area contributed by atoms with Crippen LogP contribution in [0.4, 0.5) is 0 Å². The summed E-state index contributed by atoms with van der Waals surface area (Å²) in [7, 11) is 0. The molecule has 18 heavy (non-hydrogen) atoms. The number of hydrogen-bond acceptors (Lipinski definition) is 4. The minimum atomic E-state index is 0.555. The third kappa shape index (κ3) is 2.80. The lowest BCUT2D eigenvalue weighted by Crippen LogP contribution is -2.02. The summed E-state index contributed by atoms with van der Waals surface area (Å²) >= 11 is 0. The van der Waals surface area contributed by atoms with Crippen molar-refractivity contribution in [2.75, 3.05) is 0 Å². The zero-order valence-corrected chi connectivity index (χ0v) is 10.6. The van der Waals surface area contributed by atoms with Gasteiger partial charge in [0.1, 0.15) is 11.4 Å². The standard InChI is InChI=1S/C13H16N4O/c1-10(2)3-6-17-8-11(9-18)13(16-17)12-7-14-4-5-15-12/h4-5,7-10H,3,6H2,1-2H3. The summed E-state index contributed by atoms with van der Waals surface area (Å²) in [5.74, 6) is 0.605. The Morgan fingerprint density at radius 1 is 1.39 bits per heavy atom. The maximum absolute atomic E-state index is 11.1. The summed E-state index contributed by atoms with van der Waals surface area (Å²) in [5, 5.41) is 4.41. The van der Waals surface area contributed by atoms with Crippen LogP contribution in [0.2, 0.25) is 0 Å². The fourth-order valence-electron chi connectivity index (χ4n) is 1.65. The number of hydrogen-bond donors (Lipinski definition) is 0. The zero-order chi connectivity index (χ0) is 13.0. The second-order valence-electron chi connectivity index (χ2n) is 4.59. The molecule has 0 radical (unpaired) electrons. The molecule has 5 heteroatoms. The molecule has 0 bridgehead atoms. The summed E-state index contributed by atoms with van der Waals surface area (Å²) in [5.41, 5.74) is 1.78. The molecule has 0 aromatic carbocycles. The molecule has 0 N–H and O–H groups in total. The average Bonchev–Trinajstić information content (AvgIpc) is 2.80. The van der Waals surface area contributed by atoms with Crippen molar-refractivity contribution < 1.29 is 4.79 Å². The Bertz CT molecular complexity index is 519. The Labute approximate surface area is 106 Å². The Kier molecular flexibility index (Phi) is 3.82. The van der Waals surface area contributed by atoms with Crippen molar-refractivity contribution in [3.8, 4) is 11.4 Å². The summed E-state index contributed by atoms with van der Waals surface area (Å²) in [4.78, 5) is 19.2. The lowest BCUT2D eigenvalue weighted by Gasteiger charge is -2.03. The highest BCUT2D eigenvalue weighted by Crippen LogP contribution is 2.17. The Hall–Kier alpha value is -2.04. The molecule has 2 heterocycles. The highest BCUT2D eigenvalue weighted by Gasteiger charge is 2.11. The van der Waals surface area contributed by atoms with E-state index in [-0.39, 0.29) is 0 Å². The highest BCUT2D eigenvalue weighted by atomic mass is 16.1. The van der Waals surface area contributed by atoms with Gasteiger partial charge < -0.3 is 0 Å². The highest BCUT2D eigenvalue weighted by molar-refractivity contribution is 5.84. The lowest BCUT2D eigenvalue weighted by atomic mass is 10.1. The number of carbonyl (C=O) groups excluding carboxylic acids is 1. The maximum Gasteiger partial charge on any atom is 0.153 e. The van der Waals surface area contributed by atoms with E-state index < -0.39 is 0 Å². The normalized spacial score (nSPS) is 10.8. The van der Waals surface area contributed by atoms with E-state index in [1.807, 2.05) is 0 Å². The Balaban J connectivity index is 2.27. The molecule has 0 unspecified atom stereocenters. The topological polar surface area (TPSA) is 60.7 Å². The quantitative estimate of drug-likeness (QED) is 0.756. The Morgan fingerprint density at radius 2 is 2.22 bits per heavy atom. The van der Waals surface area contributed by atoms with E-state index in [9.17, 15) is 4.79 Å². The molecule has 94 valence electrons. The van der Waals surface area contributed by atoms with Gasteiger partial charge in [0.25, 0.3) is 0 Å². The second kappa shape index (κ2) is 5.53.